The number of aromatic hydroxyl groups is 1. The van der Waals surface area contributed by atoms with Gasteiger partial charge in [-0.05, 0) is 73.1 Å². The average Bonchev–Trinajstić information content (AvgIpc) is 2.60. The van der Waals surface area contributed by atoms with Gasteiger partial charge in [0.1, 0.15) is 23.0 Å². The van der Waals surface area contributed by atoms with E-state index in [1.54, 1.807) is 67.5 Å². The first-order valence-electron chi connectivity index (χ1n) is 10.5. The van der Waals surface area contributed by atoms with Crippen LogP contribution in [-0.4, -0.2) is 52.3 Å². The van der Waals surface area contributed by atoms with Gasteiger partial charge in [-0.25, -0.2) is 14.2 Å². The molecule has 0 aliphatic carbocycles. The van der Waals surface area contributed by atoms with Gasteiger partial charge in [-0.3, -0.25) is 9.05 Å². The van der Waals surface area contributed by atoms with E-state index >= 15 is 0 Å². The van der Waals surface area contributed by atoms with Crippen molar-refractivity contribution in [1.82, 2.24) is 4.67 Å². The monoisotopic (exact) mass is 473 g/mol. The predicted molar refractivity (Wildman–Crippen MR) is 120 cm³/mol. The smallest absolute Gasteiger partial charge is 0.441 e. The third-order valence-electron chi connectivity index (χ3n) is 3.77. The largest absolute Gasteiger partial charge is 0.508 e. The van der Waals surface area contributed by atoms with Gasteiger partial charge in [0.05, 0.1) is 13.2 Å². The van der Waals surface area contributed by atoms with Crippen LogP contribution in [0.2, 0.25) is 0 Å². The highest BCUT2D eigenvalue weighted by atomic mass is 31.2. The lowest BCUT2D eigenvalue weighted by Crippen LogP contribution is -2.49. The molecule has 0 heterocycles. The molecular formula is C22H36NO8P. The lowest BCUT2D eigenvalue weighted by molar-refractivity contribution is -0.160. The van der Waals surface area contributed by atoms with E-state index in [4.69, 9.17) is 18.5 Å². The molecule has 1 aromatic rings. The third kappa shape index (κ3) is 8.81. The number of carbonyl (C=O) groups is 2. The maximum Gasteiger partial charge on any atom is 0.441 e. The number of rotatable bonds is 9. The van der Waals surface area contributed by atoms with Gasteiger partial charge >= 0.3 is 19.8 Å². The van der Waals surface area contributed by atoms with Crippen molar-refractivity contribution in [1.29, 1.82) is 0 Å². The number of benzene rings is 1. The molecule has 0 saturated heterocycles. The van der Waals surface area contributed by atoms with Gasteiger partial charge in [-0.1, -0.05) is 12.1 Å². The fraction of sp³-hybridized carbons (Fsp3) is 0.636. The minimum atomic E-state index is -4.29. The quantitative estimate of drug-likeness (QED) is 0.391. The summed E-state index contributed by atoms with van der Waals surface area (Å²) in [4.78, 5) is 26.5. The Morgan fingerprint density at radius 2 is 1.41 bits per heavy atom. The van der Waals surface area contributed by atoms with Gasteiger partial charge in [0.15, 0.2) is 0 Å². The van der Waals surface area contributed by atoms with Crippen LogP contribution >= 0.6 is 7.75 Å². The Balaban J connectivity index is 3.60. The number of nitrogens with zero attached hydrogens (tertiary/aromatic N) is 1. The van der Waals surface area contributed by atoms with Crippen LogP contribution in [-0.2, 0) is 34.3 Å². The summed E-state index contributed by atoms with van der Waals surface area (Å²) >= 11 is 0. The van der Waals surface area contributed by atoms with Crippen LogP contribution in [0.15, 0.2) is 24.3 Å². The maximum absolute atomic E-state index is 13.7. The Hall–Kier alpha value is -2.09. The summed E-state index contributed by atoms with van der Waals surface area (Å²) in [6, 6.07) is 4.70. The normalized spacial score (nSPS) is 13.4. The van der Waals surface area contributed by atoms with E-state index in [-0.39, 0.29) is 25.4 Å². The van der Waals surface area contributed by atoms with Crippen LogP contribution in [0.1, 0.15) is 61.0 Å². The number of hydrogen-bond acceptors (Lipinski definition) is 8. The van der Waals surface area contributed by atoms with Crippen LogP contribution < -0.4 is 0 Å². The fourth-order valence-corrected chi connectivity index (χ4v) is 4.42. The first-order chi connectivity index (χ1) is 14.6. The molecule has 0 bridgehead atoms. The van der Waals surface area contributed by atoms with Gasteiger partial charge in [0.2, 0.25) is 0 Å². The third-order valence-corrected chi connectivity index (χ3v) is 5.91. The van der Waals surface area contributed by atoms with Crippen molar-refractivity contribution in [2.45, 2.75) is 79.1 Å². The molecule has 0 aliphatic heterocycles. The Labute approximate surface area is 190 Å². The second-order valence-corrected chi connectivity index (χ2v) is 10.9. The molecule has 9 nitrogen and oxygen atoms in total. The second kappa shape index (κ2) is 11.2. The number of hydrogen-bond donors (Lipinski definition) is 1. The highest BCUT2D eigenvalue weighted by Crippen LogP contribution is 2.54. The van der Waals surface area contributed by atoms with Crippen molar-refractivity contribution < 1.29 is 37.8 Å². The molecule has 0 aromatic heterocycles. The number of phenols is 1. The lowest BCUT2D eigenvalue weighted by Gasteiger charge is -2.36. The van der Waals surface area contributed by atoms with E-state index in [0.29, 0.717) is 5.56 Å². The fourth-order valence-electron chi connectivity index (χ4n) is 2.69. The standard InChI is InChI=1S/C22H36NO8P/c1-9-28-32(27,29-10-2)23(20(26)31-22(6,7)8)18(19(25)30-21(3,4)5)15-16-11-13-17(24)14-12-16/h11-14,18,24H,9-10,15H2,1-8H3/t18-/m0/s1. The van der Waals surface area contributed by atoms with Crippen molar-refractivity contribution >= 4 is 19.8 Å². The van der Waals surface area contributed by atoms with Gasteiger partial charge < -0.3 is 14.6 Å². The Morgan fingerprint density at radius 3 is 1.81 bits per heavy atom. The zero-order valence-corrected chi connectivity index (χ0v) is 21.1. The number of carbonyl (C=O) groups excluding carboxylic acids is 2. The summed E-state index contributed by atoms with van der Waals surface area (Å²) in [5, 5.41) is 9.59. The molecule has 32 heavy (non-hydrogen) atoms. The van der Waals surface area contributed by atoms with Crippen molar-refractivity contribution in [3.05, 3.63) is 29.8 Å². The molecule has 0 aliphatic rings. The van der Waals surface area contributed by atoms with Crippen LogP contribution in [0.25, 0.3) is 0 Å². The molecule has 1 rings (SSSR count). The minimum Gasteiger partial charge on any atom is -0.508 e. The van der Waals surface area contributed by atoms with E-state index in [1.807, 2.05) is 0 Å². The molecule has 10 heteroatoms. The van der Waals surface area contributed by atoms with Crippen molar-refractivity contribution in [3.63, 3.8) is 0 Å². The highest BCUT2D eigenvalue weighted by molar-refractivity contribution is 7.52. The maximum atomic E-state index is 13.7. The number of ether oxygens (including phenoxy) is 2. The molecule has 1 atom stereocenters. The zero-order chi connectivity index (χ0) is 24.7. The number of phenolic OH excluding ortho intramolecular Hbond substituents is 1. The van der Waals surface area contributed by atoms with Crippen LogP contribution in [0.4, 0.5) is 4.79 Å². The first-order valence-corrected chi connectivity index (χ1v) is 12.0. The number of amides is 1. The summed E-state index contributed by atoms with van der Waals surface area (Å²) < 4.78 is 36.3. The SMILES string of the molecule is CCOP(=O)(OCC)N(C(=O)OC(C)(C)C)[C@@H](Cc1ccc(O)cc1)C(=O)OC(C)(C)C. The minimum absolute atomic E-state index is 0.0309. The molecule has 1 N–H and O–H groups in total. The molecular weight excluding hydrogens is 437 g/mol. The Morgan fingerprint density at radius 1 is 0.938 bits per heavy atom. The predicted octanol–water partition coefficient (Wildman–Crippen LogP) is 5.06. The summed E-state index contributed by atoms with van der Waals surface area (Å²) in [5.74, 6) is -0.753. The van der Waals surface area contributed by atoms with E-state index in [9.17, 15) is 19.3 Å². The first kappa shape index (κ1) is 27.9. The van der Waals surface area contributed by atoms with Crippen molar-refractivity contribution in [2.75, 3.05) is 13.2 Å². The molecule has 1 amide bonds. The molecule has 0 fully saturated rings. The molecule has 0 spiro atoms. The van der Waals surface area contributed by atoms with Crippen molar-refractivity contribution in [2.24, 2.45) is 0 Å². The summed E-state index contributed by atoms with van der Waals surface area (Å²) in [6.45, 7) is 13.1. The molecule has 182 valence electrons. The molecule has 0 radical (unpaired) electrons. The Bertz CT molecular complexity index is 801. The van der Waals surface area contributed by atoms with Crippen molar-refractivity contribution in [3.8, 4) is 5.75 Å². The Kier molecular flexibility index (Phi) is 9.75. The van der Waals surface area contributed by atoms with Crippen LogP contribution in [0, 0.1) is 0 Å². The van der Waals surface area contributed by atoms with Gasteiger partial charge in [-0.15, -0.1) is 0 Å². The molecule has 1 aromatic carbocycles. The van der Waals surface area contributed by atoms with Crippen LogP contribution in [0.5, 0.6) is 5.75 Å². The van der Waals surface area contributed by atoms with Crippen LogP contribution in [0.3, 0.4) is 0 Å². The van der Waals surface area contributed by atoms with E-state index in [0.717, 1.165) is 4.67 Å². The summed E-state index contributed by atoms with van der Waals surface area (Å²) in [7, 11) is -4.29. The van der Waals surface area contributed by atoms with Gasteiger partial charge in [0, 0.05) is 6.42 Å². The average molecular weight is 474 g/mol. The van der Waals surface area contributed by atoms with E-state index in [1.165, 1.54) is 12.1 Å². The van der Waals surface area contributed by atoms with E-state index < -0.39 is 37.1 Å². The lowest BCUT2D eigenvalue weighted by atomic mass is 10.1. The zero-order valence-electron chi connectivity index (χ0n) is 20.2. The van der Waals surface area contributed by atoms with Gasteiger partial charge in [0.25, 0.3) is 0 Å². The summed E-state index contributed by atoms with van der Waals surface area (Å²) in [5.41, 5.74) is -1.22. The summed E-state index contributed by atoms with van der Waals surface area (Å²) in [6.07, 6.45) is -1.10. The molecule has 0 unspecified atom stereocenters. The second-order valence-electron chi connectivity index (χ2n) is 9.05. The van der Waals surface area contributed by atoms with Gasteiger partial charge in [-0.2, -0.15) is 4.67 Å². The number of esters is 1. The molecule has 0 saturated carbocycles. The topological polar surface area (TPSA) is 112 Å². The van der Waals surface area contributed by atoms with E-state index in [2.05, 4.69) is 0 Å². The highest BCUT2D eigenvalue weighted by Gasteiger charge is 2.48.